The third kappa shape index (κ3) is 8.98. The number of benzene rings is 4. The van der Waals surface area contributed by atoms with Gasteiger partial charge in [0.1, 0.15) is 30.5 Å². The van der Waals surface area contributed by atoms with Gasteiger partial charge in [0.15, 0.2) is 0 Å². The number of rotatable bonds is 13. The zero-order chi connectivity index (χ0) is 28.8. The van der Waals surface area contributed by atoms with E-state index in [0.29, 0.717) is 33.0 Å². The first-order chi connectivity index (χ1) is 20.8. The zero-order valence-electron chi connectivity index (χ0n) is 23.4. The molecular weight excluding hydrogens is 639 g/mol. The fourth-order valence-corrected chi connectivity index (χ4v) is 5.27. The van der Waals surface area contributed by atoms with Crippen LogP contribution >= 0.6 is 22.6 Å². The highest BCUT2D eigenvalue weighted by molar-refractivity contribution is 14.1. The van der Waals surface area contributed by atoms with Gasteiger partial charge in [0.25, 0.3) is 0 Å². The van der Waals surface area contributed by atoms with Gasteiger partial charge < -0.3 is 23.7 Å². The summed E-state index contributed by atoms with van der Waals surface area (Å²) in [5.41, 5.74) is 4.30. The molecule has 0 radical (unpaired) electrons. The maximum atomic E-state index is 6.69. The van der Waals surface area contributed by atoms with Crippen molar-refractivity contribution >= 4 is 22.6 Å². The Balaban J connectivity index is 1.41. The van der Waals surface area contributed by atoms with Gasteiger partial charge in [0.2, 0.25) is 0 Å². The van der Waals surface area contributed by atoms with E-state index in [1.54, 1.807) is 0 Å². The second-order valence-corrected chi connectivity index (χ2v) is 10.7. The normalized spacial score (nSPS) is 21.8. The Bertz CT molecular complexity index is 1380. The van der Waals surface area contributed by atoms with E-state index >= 15 is 0 Å². The van der Waals surface area contributed by atoms with Crippen LogP contribution in [-0.4, -0.2) is 37.1 Å². The van der Waals surface area contributed by atoms with Gasteiger partial charge in [-0.15, -0.1) is 0 Å². The van der Waals surface area contributed by atoms with E-state index in [2.05, 4.69) is 68.8 Å². The van der Waals surface area contributed by atoms with Crippen molar-refractivity contribution in [1.29, 1.82) is 0 Å². The lowest BCUT2D eigenvalue weighted by atomic mass is 9.94. The predicted octanol–water partition coefficient (Wildman–Crippen LogP) is 7.12. The average molecular weight is 675 g/mol. The Morgan fingerprint density at radius 1 is 0.524 bits per heavy atom. The summed E-state index contributed by atoms with van der Waals surface area (Å²) in [4.78, 5) is 0. The topological polar surface area (TPSA) is 46.2 Å². The van der Waals surface area contributed by atoms with Gasteiger partial charge in [-0.25, -0.2) is 0 Å². The molecule has 1 saturated heterocycles. The second kappa shape index (κ2) is 16.6. The van der Waals surface area contributed by atoms with E-state index in [4.69, 9.17) is 23.7 Å². The number of hydrogen-bond acceptors (Lipinski definition) is 5. The molecule has 1 fully saturated rings. The van der Waals surface area contributed by atoms with Crippen LogP contribution < -0.4 is 0 Å². The molecular formula is C36H35IO5. The summed E-state index contributed by atoms with van der Waals surface area (Å²) in [5, 5.41) is 0. The Hall–Kier alpha value is -3.03. The fourth-order valence-electron chi connectivity index (χ4n) is 4.96. The van der Waals surface area contributed by atoms with Gasteiger partial charge in [-0.05, 0) is 26.2 Å². The van der Waals surface area contributed by atoms with Crippen molar-refractivity contribution < 1.29 is 23.7 Å². The van der Waals surface area contributed by atoms with Crippen molar-refractivity contribution in [2.45, 2.75) is 56.9 Å². The Kier molecular flexibility index (Phi) is 12.0. The number of halogens is 1. The molecule has 0 unspecified atom stereocenters. The van der Waals surface area contributed by atoms with Crippen molar-refractivity contribution in [3.8, 4) is 9.85 Å². The summed E-state index contributed by atoms with van der Waals surface area (Å²) in [7, 11) is 0. The first-order valence-electron chi connectivity index (χ1n) is 14.1. The predicted molar refractivity (Wildman–Crippen MR) is 172 cm³/mol. The van der Waals surface area contributed by atoms with Crippen LogP contribution in [0.5, 0.6) is 0 Å². The fraction of sp³-hybridized carbons (Fsp3) is 0.278. The molecule has 42 heavy (non-hydrogen) atoms. The van der Waals surface area contributed by atoms with Gasteiger partial charge in [-0.1, -0.05) is 127 Å². The van der Waals surface area contributed by atoms with Gasteiger partial charge >= 0.3 is 0 Å². The van der Waals surface area contributed by atoms with Crippen LogP contribution in [0, 0.1) is 9.85 Å². The van der Waals surface area contributed by atoms with E-state index in [1.807, 2.05) is 84.9 Å². The molecule has 216 valence electrons. The van der Waals surface area contributed by atoms with Gasteiger partial charge in [0.05, 0.1) is 33.0 Å². The standard InChI is InChI=1S/C36H35IO5/c37-22-21-32-34(39-24-29-15-7-2-8-16-29)36(41-26-31-19-11-4-12-20-31)35(40-25-30-17-9-3-10-18-30)33(42-32)27-38-23-28-13-5-1-6-14-28/h1-20,32-36H,23-27H2/t32-,33-,34+,35-,36-/m1/s1. The first kappa shape index (κ1) is 30.4. The Morgan fingerprint density at radius 3 is 1.38 bits per heavy atom. The summed E-state index contributed by atoms with van der Waals surface area (Å²) in [5.74, 6) is 3.23. The molecule has 4 aromatic rings. The van der Waals surface area contributed by atoms with Crippen LogP contribution in [0.3, 0.4) is 0 Å². The molecule has 0 N–H and O–H groups in total. The quantitative estimate of drug-likeness (QED) is 0.112. The minimum atomic E-state index is -0.520. The molecule has 1 aliphatic heterocycles. The molecule has 6 heteroatoms. The molecule has 5 atom stereocenters. The average Bonchev–Trinajstić information content (AvgIpc) is 3.05. The SMILES string of the molecule is IC#C[C@H]1O[C@H](COCc2ccccc2)[C@@H](OCc2ccccc2)[C@H](OCc2ccccc2)[C@H]1OCc1ccccc1. The molecule has 0 spiro atoms. The summed E-state index contributed by atoms with van der Waals surface area (Å²) < 4.78 is 35.7. The summed E-state index contributed by atoms with van der Waals surface area (Å²) >= 11 is 2.05. The monoisotopic (exact) mass is 674 g/mol. The first-order valence-corrected chi connectivity index (χ1v) is 15.2. The largest absolute Gasteiger partial charge is 0.374 e. The van der Waals surface area contributed by atoms with Crippen LogP contribution in [0.1, 0.15) is 22.3 Å². The van der Waals surface area contributed by atoms with E-state index in [9.17, 15) is 0 Å². The van der Waals surface area contributed by atoms with Crippen molar-refractivity contribution in [3.63, 3.8) is 0 Å². The number of ether oxygens (including phenoxy) is 5. The van der Waals surface area contributed by atoms with Crippen molar-refractivity contribution in [2.75, 3.05) is 6.61 Å². The Morgan fingerprint density at radius 2 is 0.929 bits per heavy atom. The highest BCUT2D eigenvalue weighted by Crippen LogP contribution is 2.31. The van der Waals surface area contributed by atoms with E-state index < -0.39 is 30.5 Å². The maximum absolute atomic E-state index is 6.69. The van der Waals surface area contributed by atoms with Crippen molar-refractivity contribution in [1.82, 2.24) is 0 Å². The lowest BCUT2D eigenvalue weighted by molar-refractivity contribution is -0.261. The Labute approximate surface area is 262 Å². The molecule has 0 aliphatic carbocycles. The molecule has 5 nitrogen and oxygen atoms in total. The highest BCUT2D eigenvalue weighted by atomic mass is 127. The summed E-state index contributed by atoms with van der Waals surface area (Å²) in [6.45, 7) is 2.01. The van der Waals surface area contributed by atoms with Crippen LogP contribution in [-0.2, 0) is 50.1 Å². The molecule has 4 aromatic carbocycles. The molecule has 0 amide bonds. The van der Waals surface area contributed by atoms with Crippen molar-refractivity contribution in [3.05, 3.63) is 144 Å². The molecule has 1 aliphatic rings. The smallest absolute Gasteiger partial charge is 0.148 e. The van der Waals surface area contributed by atoms with Gasteiger partial charge in [-0.2, -0.15) is 0 Å². The summed E-state index contributed by atoms with van der Waals surface area (Å²) in [6.07, 6.45) is -2.34. The van der Waals surface area contributed by atoms with E-state index in [1.165, 1.54) is 0 Å². The lowest BCUT2D eigenvalue weighted by Crippen LogP contribution is -2.60. The summed E-state index contributed by atoms with van der Waals surface area (Å²) in [6, 6.07) is 40.5. The second-order valence-electron chi connectivity index (χ2n) is 10.1. The van der Waals surface area contributed by atoms with E-state index in [-0.39, 0.29) is 0 Å². The third-order valence-electron chi connectivity index (χ3n) is 7.08. The molecule has 0 bridgehead atoms. The maximum Gasteiger partial charge on any atom is 0.148 e. The highest BCUT2D eigenvalue weighted by Gasteiger charge is 2.48. The molecule has 5 rings (SSSR count). The number of hydrogen-bond donors (Lipinski definition) is 0. The molecule has 0 saturated carbocycles. The zero-order valence-corrected chi connectivity index (χ0v) is 25.5. The van der Waals surface area contributed by atoms with Crippen LogP contribution in [0.25, 0.3) is 0 Å². The third-order valence-corrected chi connectivity index (χ3v) is 7.39. The minimum Gasteiger partial charge on any atom is -0.374 e. The van der Waals surface area contributed by atoms with Crippen LogP contribution in [0.15, 0.2) is 121 Å². The van der Waals surface area contributed by atoms with Gasteiger partial charge in [-0.3, -0.25) is 0 Å². The van der Waals surface area contributed by atoms with Crippen LogP contribution in [0.2, 0.25) is 0 Å². The van der Waals surface area contributed by atoms with E-state index in [0.717, 1.165) is 22.3 Å². The molecule has 1 heterocycles. The van der Waals surface area contributed by atoms with Crippen molar-refractivity contribution in [2.24, 2.45) is 0 Å². The molecule has 0 aromatic heterocycles. The van der Waals surface area contributed by atoms with Gasteiger partial charge in [0, 0.05) is 22.6 Å². The van der Waals surface area contributed by atoms with Crippen LogP contribution in [0.4, 0.5) is 0 Å². The minimum absolute atomic E-state index is 0.324. The lowest BCUT2D eigenvalue weighted by Gasteiger charge is -2.44.